The van der Waals surface area contributed by atoms with Crippen LogP contribution in [0.1, 0.15) is 24.0 Å². The van der Waals surface area contributed by atoms with Gasteiger partial charge in [0, 0.05) is 25.2 Å². The molecular formula is C15H20N2O. The summed E-state index contributed by atoms with van der Waals surface area (Å²) in [7, 11) is 0. The van der Waals surface area contributed by atoms with Crippen molar-refractivity contribution in [3.05, 3.63) is 41.5 Å². The summed E-state index contributed by atoms with van der Waals surface area (Å²) in [6, 6.07) is 8.26. The molecule has 3 heteroatoms. The molecule has 0 saturated carbocycles. The normalized spacial score (nSPS) is 19.7. The van der Waals surface area contributed by atoms with Crippen molar-refractivity contribution in [1.82, 2.24) is 4.90 Å². The van der Waals surface area contributed by atoms with E-state index in [-0.39, 0.29) is 11.9 Å². The van der Waals surface area contributed by atoms with Crippen LogP contribution in [-0.4, -0.2) is 29.9 Å². The maximum Gasteiger partial charge on any atom is 0.246 e. The quantitative estimate of drug-likeness (QED) is 0.826. The fourth-order valence-electron chi connectivity index (χ4n) is 2.40. The largest absolute Gasteiger partial charge is 0.335 e. The first-order valence-electron chi connectivity index (χ1n) is 6.46. The van der Waals surface area contributed by atoms with Gasteiger partial charge in [0.05, 0.1) is 0 Å². The van der Waals surface area contributed by atoms with Crippen LogP contribution in [0.3, 0.4) is 0 Å². The van der Waals surface area contributed by atoms with Gasteiger partial charge < -0.3 is 10.6 Å². The Morgan fingerprint density at radius 1 is 1.50 bits per heavy atom. The molecule has 96 valence electrons. The van der Waals surface area contributed by atoms with Gasteiger partial charge in [-0.15, -0.1) is 0 Å². The third-order valence-electron chi connectivity index (χ3n) is 3.53. The molecule has 0 spiro atoms. The predicted molar refractivity (Wildman–Crippen MR) is 74.0 cm³/mol. The van der Waals surface area contributed by atoms with E-state index in [4.69, 9.17) is 5.73 Å². The Morgan fingerprint density at radius 3 is 3.00 bits per heavy atom. The smallest absolute Gasteiger partial charge is 0.246 e. The number of likely N-dealkylation sites (tertiary alicyclic amines) is 1. The highest BCUT2D eigenvalue weighted by Gasteiger charge is 2.25. The lowest BCUT2D eigenvalue weighted by Crippen LogP contribution is -2.38. The average Bonchev–Trinajstić information content (AvgIpc) is 2.86. The molecule has 1 unspecified atom stereocenters. The van der Waals surface area contributed by atoms with Gasteiger partial charge in [-0.2, -0.15) is 0 Å². The Kier molecular flexibility index (Phi) is 4.15. The van der Waals surface area contributed by atoms with E-state index in [2.05, 4.69) is 0 Å². The number of amides is 1. The lowest BCUT2D eigenvalue weighted by atomic mass is 10.1. The van der Waals surface area contributed by atoms with Crippen LogP contribution in [0.15, 0.2) is 30.3 Å². The van der Waals surface area contributed by atoms with E-state index in [0.29, 0.717) is 6.54 Å². The molecular weight excluding hydrogens is 224 g/mol. The maximum absolute atomic E-state index is 12.1. The van der Waals surface area contributed by atoms with Gasteiger partial charge in [-0.05, 0) is 37.0 Å². The SMILES string of the molecule is Cc1ccccc1C=CC(=O)N1CCCC1CN. The summed E-state index contributed by atoms with van der Waals surface area (Å²) < 4.78 is 0. The third kappa shape index (κ3) is 2.79. The molecule has 1 atom stereocenters. The second-order valence-electron chi connectivity index (χ2n) is 4.75. The van der Waals surface area contributed by atoms with Gasteiger partial charge >= 0.3 is 0 Å². The first kappa shape index (κ1) is 12.8. The van der Waals surface area contributed by atoms with Crippen molar-refractivity contribution in [2.75, 3.05) is 13.1 Å². The zero-order chi connectivity index (χ0) is 13.0. The van der Waals surface area contributed by atoms with Gasteiger partial charge in [0.25, 0.3) is 0 Å². The third-order valence-corrected chi connectivity index (χ3v) is 3.53. The molecule has 1 saturated heterocycles. The Balaban J connectivity index is 2.05. The highest BCUT2D eigenvalue weighted by molar-refractivity contribution is 5.92. The van der Waals surface area contributed by atoms with Crippen LogP contribution >= 0.6 is 0 Å². The predicted octanol–water partition coefficient (Wildman–Crippen LogP) is 1.96. The molecule has 18 heavy (non-hydrogen) atoms. The summed E-state index contributed by atoms with van der Waals surface area (Å²) >= 11 is 0. The van der Waals surface area contributed by atoms with Crippen LogP contribution in [0.4, 0.5) is 0 Å². The van der Waals surface area contributed by atoms with E-state index in [1.165, 1.54) is 5.56 Å². The molecule has 1 amide bonds. The van der Waals surface area contributed by atoms with Crippen molar-refractivity contribution in [3.8, 4) is 0 Å². The number of nitrogens with two attached hydrogens (primary N) is 1. The summed E-state index contributed by atoms with van der Waals surface area (Å²) in [5.41, 5.74) is 7.95. The number of aryl methyl sites for hydroxylation is 1. The number of hydrogen-bond donors (Lipinski definition) is 1. The zero-order valence-corrected chi connectivity index (χ0v) is 10.8. The second kappa shape index (κ2) is 5.83. The van der Waals surface area contributed by atoms with Gasteiger partial charge in [0.2, 0.25) is 5.91 Å². The zero-order valence-electron chi connectivity index (χ0n) is 10.8. The average molecular weight is 244 g/mol. The fraction of sp³-hybridized carbons (Fsp3) is 0.400. The highest BCUT2D eigenvalue weighted by atomic mass is 16.2. The van der Waals surface area contributed by atoms with Crippen LogP contribution in [0, 0.1) is 6.92 Å². The van der Waals surface area contributed by atoms with Crippen LogP contribution in [0.25, 0.3) is 6.08 Å². The number of nitrogens with zero attached hydrogens (tertiary/aromatic N) is 1. The Bertz CT molecular complexity index is 454. The van der Waals surface area contributed by atoms with Crippen LogP contribution in [0.5, 0.6) is 0 Å². The fourth-order valence-corrected chi connectivity index (χ4v) is 2.40. The first-order valence-corrected chi connectivity index (χ1v) is 6.46. The lowest BCUT2D eigenvalue weighted by Gasteiger charge is -2.21. The number of carbonyl (C=O) groups is 1. The molecule has 0 radical (unpaired) electrons. The lowest BCUT2D eigenvalue weighted by molar-refractivity contribution is -0.126. The van der Waals surface area contributed by atoms with E-state index in [9.17, 15) is 4.79 Å². The van der Waals surface area contributed by atoms with Gasteiger partial charge in [0.1, 0.15) is 0 Å². The number of benzene rings is 1. The van der Waals surface area contributed by atoms with Gasteiger partial charge in [-0.25, -0.2) is 0 Å². The molecule has 3 nitrogen and oxygen atoms in total. The molecule has 1 aromatic rings. The van der Waals surface area contributed by atoms with E-state index in [0.717, 1.165) is 24.9 Å². The minimum Gasteiger partial charge on any atom is -0.335 e. The molecule has 0 aliphatic carbocycles. The monoisotopic (exact) mass is 244 g/mol. The number of hydrogen-bond acceptors (Lipinski definition) is 2. The summed E-state index contributed by atoms with van der Waals surface area (Å²) in [4.78, 5) is 14.0. The molecule has 1 aromatic carbocycles. The van der Waals surface area contributed by atoms with E-state index in [1.54, 1.807) is 6.08 Å². The maximum atomic E-state index is 12.1. The van der Waals surface area contributed by atoms with Crippen LogP contribution in [0.2, 0.25) is 0 Å². The van der Waals surface area contributed by atoms with Gasteiger partial charge in [0.15, 0.2) is 0 Å². The van der Waals surface area contributed by atoms with Gasteiger partial charge in [-0.1, -0.05) is 24.3 Å². The Labute approximate surface area is 108 Å². The summed E-state index contributed by atoms with van der Waals surface area (Å²) in [6.45, 7) is 3.44. The minimum absolute atomic E-state index is 0.0752. The summed E-state index contributed by atoms with van der Waals surface area (Å²) in [5, 5.41) is 0. The highest BCUT2D eigenvalue weighted by Crippen LogP contribution is 2.17. The van der Waals surface area contributed by atoms with E-state index < -0.39 is 0 Å². The molecule has 0 aromatic heterocycles. The summed E-state index contributed by atoms with van der Waals surface area (Å²) in [6.07, 6.45) is 5.64. The van der Waals surface area contributed by atoms with Crippen molar-refractivity contribution in [1.29, 1.82) is 0 Å². The van der Waals surface area contributed by atoms with Crippen molar-refractivity contribution < 1.29 is 4.79 Å². The number of rotatable bonds is 3. The number of carbonyl (C=O) groups excluding carboxylic acids is 1. The molecule has 0 bridgehead atoms. The van der Waals surface area contributed by atoms with Crippen LogP contribution in [-0.2, 0) is 4.79 Å². The van der Waals surface area contributed by atoms with Gasteiger partial charge in [-0.3, -0.25) is 4.79 Å². The molecule has 1 fully saturated rings. The second-order valence-corrected chi connectivity index (χ2v) is 4.75. The molecule has 2 rings (SSSR count). The molecule has 1 heterocycles. The van der Waals surface area contributed by atoms with Crippen LogP contribution < -0.4 is 5.73 Å². The van der Waals surface area contributed by atoms with Crippen molar-refractivity contribution in [3.63, 3.8) is 0 Å². The van der Waals surface area contributed by atoms with E-state index in [1.807, 2.05) is 42.2 Å². The standard InChI is InChI=1S/C15H20N2O/c1-12-5-2-3-6-13(12)8-9-15(18)17-10-4-7-14(17)11-16/h2-3,5-6,8-9,14H,4,7,10-11,16H2,1H3. The molecule has 1 aliphatic rings. The molecule has 2 N–H and O–H groups in total. The van der Waals surface area contributed by atoms with Crippen molar-refractivity contribution >= 4 is 12.0 Å². The Morgan fingerprint density at radius 2 is 2.28 bits per heavy atom. The molecule has 1 aliphatic heterocycles. The van der Waals surface area contributed by atoms with E-state index >= 15 is 0 Å². The topological polar surface area (TPSA) is 46.3 Å². The summed E-state index contributed by atoms with van der Waals surface area (Å²) in [5.74, 6) is 0.0752. The first-order chi connectivity index (χ1) is 8.72. The minimum atomic E-state index is 0.0752. The Hall–Kier alpha value is -1.61. The van der Waals surface area contributed by atoms with Crippen molar-refractivity contribution in [2.45, 2.75) is 25.8 Å². The van der Waals surface area contributed by atoms with Crippen molar-refractivity contribution in [2.24, 2.45) is 5.73 Å².